The number of benzene rings is 2. The third-order valence-corrected chi connectivity index (χ3v) is 5.33. The van der Waals surface area contributed by atoms with E-state index in [2.05, 4.69) is 5.32 Å². The Morgan fingerprint density at radius 2 is 1.77 bits per heavy atom. The Bertz CT molecular complexity index is 1180. The highest BCUT2D eigenvalue weighted by atomic mass is 35.5. The van der Waals surface area contributed by atoms with Crippen LogP contribution in [0.2, 0.25) is 5.02 Å². The number of carbonyl (C=O) groups is 2. The molecule has 3 amide bonds. The van der Waals surface area contributed by atoms with Gasteiger partial charge < -0.3 is 9.88 Å². The predicted molar refractivity (Wildman–Crippen MR) is 114 cm³/mol. The van der Waals surface area contributed by atoms with E-state index in [-0.39, 0.29) is 18.1 Å². The van der Waals surface area contributed by atoms with Crippen molar-refractivity contribution in [3.8, 4) is 5.69 Å². The molecule has 1 aliphatic rings. The van der Waals surface area contributed by atoms with E-state index < -0.39 is 11.9 Å². The molecule has 30 heavy (non-hydrogen) atoms. The van der Waals surface area contributed by atoms with Gasteiger partial charge in [0.2, 0.25) is 0 Å². The van der Waals surface area contributed by atoms with Crippen LogP contribution in [0.5, 0.6) is 0 Å². The number of nitrogens with zero attached hydrogens (tertiary/aromatic N) is 2. The number of urea groups is 1. The molecule has 0 radical (unpaired) electrons. The molecule has 0 atom stereocenters. The molecule has 4 rings (SSSR count). The van der Waals surface area contributed by atoms with Crippen molar-refractivity contribution in [3.63, 3.8) is 0 Å². The first-order valence-corrected chi connectivity index (χ1v) is 9.76. The van der Waals surface area contributed by atoms with Crippen LogP contribution >= 0.6 is 11.6 Å². The first-order chi connectivity index (χ1) is 14.3. The molecule has 0 spiro atoms. The van der Waals surface area contributed by atoms with Gasteiger partial charge in [-0.1, -0.05) is 35.9 Å². The average molecular weight is 424 g/mol. The molecule has 1 fully saturated rings. The number of amides is 3. The molecule has 0 unspecified atom stereocenters. The summed E-state index contributed by atoms with van der Waals surface area (Å²) >= 11 is 5.89. The summed E-state index contributed by atoms with van der Waals surface area (Å²) in [4.78, 5) is 26.3. The lowest BCUT2D eigenvalue weighted by molar-refractivity contribution is -0.123. The van der Waals surface area contributed by atoms with Gasteiger partial charge in [0.05, 0.1) is 12.2 Å². The number of hydrogen-bond acceptors (Lipinski definition) is 2. The number of aryl methyl sites for hydroxylation is 1. The van der Waals surface area contributed by atoms with Crippen LogP contribution in [-0.4, -0.2) is 21.4 Å². The van der Waals surface area contributed by atoms with E-state index in [0.717, 1.165) is 27.4 Å². The van der Waals surface area contributed by atoms with Gasteiger partial charge >= 0.3 is 6.03 Å². The maximum absolute atomic E-state index is 14.3. The molecule has 0 saturated carbocycles. The molecule has 5 nitrogen and oxygen atoms in total. The second kappa shape index (κ2) is 7.80. The zero-order valence-corrected chi connectivity index (χ0v) is 17.2. The molecular weight excluding hydrogens is 405 g/mol. The van der Waals surface area contributed by atoms with Crippen LogP contribution < -0.4 is 5.32 Å². The van der Waals surface area contributed by atoms with Gasteiger partial charge in [-0.25, -0.2) is 9.18 Å². The van der Waals surface area contributed by atoms with Crippen molar-refractivity contribution in [3.05, 3.63) is 93.6 Å². The van der Waals surface area contributed by atoms with Crippen LogP contribution in [0.3, 0.4) is 0 Å². The molecule has 7 heteroatoms. The van der Waals surface area contributed by atoms with Crippen molar-refractivity contribution in [1.82, 2.24) is 14.8 Å². The fourth-order valence-corrected chi connectivity index (χ4v) is 3.71. The number of nitrogens with one attached hydrogen (secondary N) is 1. The molecule has 1 N–H and O–H groups in total. The van der Waals surface area contributed by atoms with Gasteiger partial charge in [-0.3, -0.25) is 9.69 Å². The van der Waals surface area contributed by atoms with Gasteiger partial charge in [0, 0.05) is 16.4 Å². The quantitative estimate of drug-likeness (QED) is 0.475. The van der Waals surface area contributed by atoms with Gasteiger partial charge in [0.25, 0.3) is 5.91 Å². The monoisotopic (exact) mass is 423 g/mol. The second-order valence-electron chi connectivity index (χ2n) is 7.12. The SMILES string of the molecule is Cc1cc(C=C2NC(=O)N(Cc3ccc(Cl)cc3)C2=O)c(C)n1-c1ccccc1F. The summed E-state index contributed by atoms with van der Waals surface area (Å²) < 4.78 is 16.1. The smallest absolute Gasteiger partial charge is 0.315 e. The number of rotatable bonds is 4. The number of aromatic nitrogens is 1. The molecule has 0 aliphatic carbocycles. The zero-order chi connectivity index (χ0) is 21.4. The maximum Gasteiger partial charge on any atom is 0.329 e. The lowest BCUT2D eigenvalue weighted by Gasteiger charge is -2.11. The van der Waals surface area contributed by atoms with Gasteiger partial charge in [0.1, 0.15) is 11.5 Å². The highest BCUT2D eigenvalue weighted by Crippen LogP contribution is 2.25. The average Bonchev–Trinajstić information content (AvgIpc) is 3.14. The molecule has 3 aromatic rings. The zero-order valence-electron chi connectivity index (χ0n) is 16.4. The van der Waals surface area contributed by atoms with E-state index >= 15 is 0 Å². The third kappa shape index (κ3) is 3.62. The maximum atomic E-state index is 14.3. The van der Waals surface area contributed by atoms with Crippen LogP contribution in [0, 0.1) is 19.7 Å². The number of halogens is 2. The Hall–Kier alpha value is -3.38. The fourth-order valence-electron chi connectivity index (χ4n) is 3.58. The summed E-state index contributed by atoms with van der Waals surface area (Å²) in [7, 11) is 0. The number of para-hydroxylation sites is 1. The van der Waals surface area contributed by atoms with E-state index in [0.29, 0.717) is 10.7 Å². The first-order valence-electron chi connectivity index (χ1n) is 9.38. The van der Waals surface area contributed by atoms with Crippen molar-refractivity contribution in [2.24, 2.45) is 0 Å². The summed E-state index contributed by atoms with van der Waals surface area (Å²) in [6.07, 6.45) is 1.63. The molecule has 0 bridgehead atoms. The molecule has 1 saturated heterocycles. The molecule has 2 heterocycles. The molecule has 1 aliphatic heterocycles. The van der Waals surface area contributed by atoms with E-state index in [1.165, 1.54) is 6.07 Å². The Morgan fingerprint density at radius 3 is 2.47 bits per heavy atom. The topological polar surface area (TPSA) is 54.3 Å². The van der Waals surface area contributed by atoms with Crippen LogP contribution in [0.15, 0.2) is 60.3 Å². The van der Waals surface area contributed by atoms with Crippen molar-refractivity contribution in [2.45, 2.75) is 20.4 Å². The van der Waals surface area contributed by atoms with E-state index in [4.69, 9.17) is 11.6 Å². The number of imide groups is 1. The van der Waals surface area contributed by atoms with Crippen molar-refractivity contribution in [2.75, 3.05) is 0 Å². The number of hydrogen-bond donors (Lipinski definition) is 1. The summed E-state index contributed by atoms with van der Waals surface area (Å²) in [5.41, 5.74) is 3.73. The summed E-state index contributed by atoms with van der Waals surface area (Å²) in [6.45, 7) is 3.86. The molecular formula is C23H19ClFN3O2. The molecule has 1 aromatic heterocycles. The normalized spacial score (nSPS) is 15.2. The van der Waals surface area contributed by atoms with E-state index in [1.54, 1.807) is 53.1 Å². The van der Waals surface area contributed by atoms with Crippen molar-refractivity contribution < 1.29 is 14.0 Å². The van der Waals surface area contributed by atoms with Crippen molar-refractivity contribution >= 4 is 29.6 Å². The van der Waals surface area contributed by atoms with Gasteiger partial charge in [-0.15, -0.1) is 0 Å². The largest absolute Gasteiger partial charge is 0.329 e. The minimum absolute atomic E-state index is 0.146. The minimum Gasteiger partial charge on any atom is -0.315 e. The highest BCUT2D eigenvalue weighted by molar-refractivity contribution is 6.30. The van der Waals surface area contributed by atoms with Crippen molar-refractivity contribution in [1.29, 1.82) is 0 Å². The number of carbonyl (C=O) groups excluding carboxylic acids is 2. The summed E-state index contributed by atoms with van der Waals surface area (Å²) in [5, 5.41) is 3.22. The molecule has 152 valence electrons. The highest BCUT2D eigenvalue weighted by Gasteiger charge is 2.33. The summed E-state index contributed by atoms with van der Waals surface area (Å²) in [5.74, 6) is -0.747. The third-order valence-electron chi connectivity index (χ3n) is 5.08. The van der Waals surface area contributed by atoms with Crippen LogP contribution in [0.4, 0.5) is 9.18 Å². The van der Waals surface area contributed by atoms with E-state index in [1.807, 2.05) is 19.9 Å². The van der Waals surface area contributed by atoms with E-state index in [9.17, 15) is 14.0 Å². The second-order valence-corrected chi connectivity index (χ2v) is 7.56. The Balaban J connectivity index is 1.63. The van der Waals surface area contributed by atoms with Crippen LogP contribution in [0.1, 0.15) is 22.5 Å². The van der Waals surface area contributed by atoms with Crippen LogP contribution in [-0.2, 0) is 11.3 Å². The van der Waals surface area contributed by atoms with Gasteiger partial charge in [0.15, 0.2) is 0 Å². The van der Waals surface area contributed by atoms with Crippen LogP contribution in [0.25, 0.3) is 11.8 Å². The predicted octanol–water partition coefficient (Wildman–Crippen LogP) is 4.98. The summed E-state index contributed by atoms with van der Waals surface area (Å²) in [6, 6.07) is 14.8. The standard InChI is InChI=1S/C23H19ClFN3O2/c1-14-11-17(15(2)28(14)21-6-4-3-5-19(21)25)12-20-22(29)27(23(30)26-20)13-16-7-9-18(24)10-8-16/h3-12H,13H2,1-2H3,(H,26,30). The fraction of sp³-hybridized carbons (Fsp3) is 0.130. The Labute approximate surface area is 178 Å². The lowest BCUT2D eigenvalue weighted by Crippen LogP contribution is -2.30. The van der Waals surface area contributed by atoms with Gasteiger partial charge in [-0.05, 0) is 61.4 Å². The first kappa shape index (κ1) is 19.9. The Kier molecular flexibility index (Phi) is 5.18. The minimum atomic E-state index is -0.482. The molecule has 2 aromatic carbocycles. The Morgan fingerprint density at radius 1 is 1.07 bits per heavy atom. The lowest BCUT2D eigenvalue weighted by atomic mass is 10.2. The van der Waals surface area contributed by atoms with Gasteiger partial charge in [-0.2, -0.15) is 0 Å².